The summed E-state index contributed by atoms with van der Waals surface area (Å²) in [5.74, 6) is 0. The van der Waals surface area contributed by atoms with Gasteiger partial charge in [0.15, 0.2) is 0 Å². The molecule has 0 radical (unpaired) electrons. The van der Waals surface area contributed by atoms with Crippen LogP contribution in [0.15, 0.2) is 34.9 Å². The summed E-state index contributed by atoms with van der Waals surface area (Å²) in [6.45, 7) is -0.247. The van der Waals surface area contributed by atoms with Crippen LogP contribution in [-0.4, -0.2) is 6.67 Å². The number of aryl methyl sites for hydroxylation is 1. The van der Waals surface area contributed by atoms with Crippen LogP contribution < -0.4 is 0 Å². The first kappa shape index (κ1) is 8.30. The number of halogens is 1. The van der Waals surface area contributed by atoms with Gasteiger partial charge in [0.2, 0.25) is 0 Å². The molecule has 2 aromatic rings. The third-order valence-electron chi connectivity index (χ3n) is 2.12. The van der Waals surface area contributed by atoms with Gasteiger partial charge in [0.1, 0.15) is 5.58 Å². The fraction of sp³-hybridized carbons (Fsp3) is 0.273. The Bertz CT molecular complexity index is 392. The van der Waals surface area contributed by atoms with Crippen molar-refractivity contribution in [3.63, 3.8) is 0 Å². The van der Waals surface area contributed by atoms with Crippen molar-refractivity contribution >= 4 is 11.0 Å². The lowest BCUT2D eigenvalue weighted by Gasteiger charge is -1.97. The fourth-order valence-electron chi connectivity index (χ4n) is 1.44. The van der Waals surface area contributed by atoms with E-state index < -0.39 is 0 Å². The molecule has 13 heavy (non-hydrogen) atoms. The highest BCUT2D eigenvalue weighted by atomic mass is 19.1. The van der Waals surface area contributed by atoms with Crippen molar-refractivity contribution in [1.82, 2.24) is 0 Å². The zero-order valence-corrected chi connectivity index (χ0v) is 7.29. The molecule has 0 aliphatic heterocycles. The highest BCUT2D eigenvalue weighted by molar-refractivity contribution is 5.77. The number of furan rings is 1. The lowest BCUT2D eigenvalue weighted by molar-refractivity contribution is 0.473. The van der Waals surface area contributed by atoms with Crippen molar-refractivity contribution in [1.29, 1.82) is 0 Å². The van der Waals surface area contributed by atoms with Crippen molar-refractivity contribution in [2.45, 2.75) is 12.8 Å². The van der Waals surface area contributed by atoms with E-state index in [2.05, 4.69) is 6.07 Å². The van der Waals surface area contributed by atoms with E-state index in [1.807, 2.05) is 18.2 Å². The molecule has 1 nitrogen and oxygen atoms in total. The van der Waals surface area contributed by atoms with E-state index in [1.54, 1.807) is 6.26 Å². The van der Waals surface area contributed by atoms with Gasteiger partial charge in [0.05, 0.1) is 12.9 Å². The first-order valence-electron chi connectivity index (χ1n) is 4.42. The maximum absolute atomic E-state index is 11.9. The normalized spacial score (nSPS) is 10.8. The molecule has 0 bridgehead atoms. The van der Waals surface area contributed by atoms with Gasteiger partial charge in [0.25, 0.3) is 0 Å². The van der Waals surface area contributed by atoms with E-state index >= 15 is 0 Å². The summed E-state index contributed by atoms with van der Waals surface area (Å²) < 4.78 is 17.1. The van der Waals surface area contributed by atoms with Crippen molar-refractivity contribution in [3.8, 4) is 0 Å². The molecule has 0 N–H and O–H groups in total. The van der Waals surface area contributed by atoms with Gasteiger partial charge in [-0.3, -0.25) is 4.39 Å². The van der Waals surface area contributed by atoms with E-state index in [9.17, 15) is 4.39 Å². The van der Waals surface area contributed by atoms with E-state index in [4.69, 9.17) is 4.42 Å². The molecular formula is C11H11FO. The number of hydrogen-bond acceptors (Lipinski definition) is 1. The molecule has 0 amide bonds. The van der Waals surface area contributed by atoms with Gasteiger partial charge in [-0.2, -0.15) is 0 Å². The van der Waals surface area contributed by atoms with Crippen molar-refractivity contribution in [3.05, 3.63) is 36.1 Å². The van der Waals surface area contributed by atoms with Crippen molar-refractivity contribution < 1.29 is 8.81 Å². The maximum atomic E-state index is 11.9. The number of alkyl halides is 1. The Morgan fingerprint density at radius 2 is 2.15 bits per heavy atom. The van der Waals surface area contributed by atoms with Crippen LogP contribution >= 0.6 is 0 Å². The van der Waals surface area contributed by atoms with Crippen LogP contribution in [0.2, 0.25) is 0 Å². The Morgan fingerprint density at radius 3 is 3.00 bits per heavy atom. The van der Waals surface area contributed by atoms with Crippen LogP contribution in [0.4, 0.5) is 4.39 Å². The topological polar surface area (TPSA) is 13.1 Å². The summed E-state index contributed by atoms with van der Waals surface area (Å²) in [6, 6.07) is 7.90. The molecule has 1 aromatic heterocycles. The predicted molar refractivity (Wildman–Crippen MR) is 50.5 cm³/mol. The molecule has 0 unspecified atom stereocenters. The zero-order valence-electron chi connectivity index (χ0n) is 7.29. The molecule has 2 heteroatoms. The molecule has 1 heterocycles. The second kappa shape index (κ2) is 3.60. The molecule has 0 atom stereocenters. The third-order valence-corrected chi connectivity index (χ3v) is 2.12. The highest BCUT2D eigenvalue weighted by Crippen LogP contribution is 2.17. The molecule has 2 rings (SSSR count). The first-order chi connectivity index (χ1) is 6.40. The average molecular weight is 178 g/mol. The Hall–Kier alpha value is -1.31. The quantitative estimate of drug-likeness (QED) is 0.702. The molecular weight excluding hydrogens is 167 g/mol. The predicted octanol–water partition coefficient (Wildman–Crippen LogP) is 3.33. The van der Waals surface area contributed by atoms with E-state index in [0.717, 1.165) is 17.4 Å². The van der Waals surface area contributed by atoms with Gasteiger partial charge < -0.3 is 4.42 Å². The van der Waals surface area contributed by atoms with Crippen molar-refractivity contribution in [2.75, 3.05) is 6.67 Å². The summed E-state index contributed by atoms with van der Waals surface area (Å²) in [7, 11) is 0. The number of benzene rings is 1. The summed E-state index contributed by atoms with van der Waals surface area (Å²) in [5, 5.41) is 1.09. The third kappa shape index (κ3) is 1.72. The lowest BCUT2D eigenvalue weighted by Crippen LogP contribution is -1.85. The maximum Gasteiger partial charge on any atom is 0.133 e. The molecule has 0 saturated carbocycles. The minimum Gasteiger partial charge on any atom is -0.464 e. The Labute approximate surface area is 76.2 Å². The summed E-state index contributed by atoms with van der Waals surface area (Å²) in [5.41, 5.74) is 2.07. The lowest BCUT2D eigenvalue weighted by atomic mass is 10.1. The van der Waals surface area contributed by atoms with Crippen LogP contribution in [0, 0.1) is 0 Å². The fourth-order valence-corrected chi connectivity index (χ4v) is 1.44. The number of fused-ring (bicyclic) bond motifs is 1. The van der Waals surface area contributed by atoms with Crippen LogP contribution in [-0.2, 0) is 6.42 Å². The van der Waals surface area contributed by atoms with Crippen LogP contribution in [0.5, 0.6) is 0 Å². The second-order valence-corrected chi connectivity index (χ2v) is 3.09. The Balaban J connectivity index is 2.26. The molecule has 0 fully saturated rings. The van der Waals surface area contributed by atoms with Gasteiger partial charge in [0, 0.05) is 5.39 Å². The van der Waals surface area contributed by atoms with Gasteiger partial charge in [-0.15, -0.1) is 0 Å². The molecule has 0 saturated heterocycles. The van der Waals surface area contributed by atoms with E-state index in [1.165, 1.54) is 5.56 Å². The van der Waals surface area contributed by atoms with E-state index in [-0.39, 0.29) is 6.67 Å². The van der Waals surface area contributed by atoms with Gasteiger partial charge in [-0.25, -0.2) is 0 Å². The van der Waals surface area contributed by atoms with Crippen LogP contribution in [0.25, 0.3) is 11.0 Å². The largest absolute Gasteiger partial charge is 0.464 e. The van der Waals surface area contributed by atoms with Gasteiger partial charge in [-0.05, 0) is 36.6 Å². The van der Waals surface area contributed by atoms with Crippen LogP contribution in [0.3, 0.4) is 0 Å². The molecule has 0 aliphatic carbocycles. The molecule has 0 aliphatic rings. The molecule has 68 valence electrons. The monoisotopic (exact) mass is 178 g/mol. The summed E-state index contributed by atoms with van der Waals surface area (Å²) in [4.78, 5) is 0. The number of hydrogen-bond donors (Lipinski definition) is 0. The minimum absolute atomic E-state index is 0.247. The number of rotatable bonds is 3. The molecule has 0 spiro atoms. The zero-order chi connectivity index (χ0) is 9.10. The van der Waals surface area contributed by atoms with E-state index in [0.29, 0.717) is 6.42 Å². The van der Waals surface area contributed by atoms with Gasteiger partial charge >= 0.3 is 0 Å². The summed E-state index contributed by atoms with van der Waals surface area (Å²) >= 11 is 0. The SMILES string of the molecule is FCCCc1ccc2occc2c1. The minimum atomic E-state index is -0.247. The summed E-state index contributed by atoms with van der Waals surface area (Å²) in [6.07, 6.45) is 3.07. The Kier molecular flexibility index (Phi) is 2.30. The Morgan fingerprint density at radius 1 is 1.23 bits per heavy atom. The molecule has 1 aromatic carbocycles. The average Bonchev–Trinajstić information content (AvgIpc) is 2.61. The standard InChI is InChI=1S/C11H11FO/c12-6-1-2-9-3-4-11-10(8-9)5-7-13-11/h3-5,7-8H,1-2,6H2. The van der Waals surface area contributed by atoms with Crippen LogP contribution in [0.1, 0.15) is 12.0 Å². The first-order valence-corrected chi connectivity index (χ1v) is 4.42. The smallest absolute Gasteiger partial charge is 0.133 e. The van der Waals surface area contributed by atoms with Crippen molar-refractivity contribution in [2.24, 2.45) is 0 Å². The highest BCUT2D eigenvalue weighted by Gasteiger charge is 1.98. The van der Waals surface area contributed by atoms with Gasteiger partial charge in [-0.1, -0.05) is 6.07 Å². The second-order valence-electron chi connectivity index (χ2n) is 3.09.